The molecule has 1 aromatic carbocycles. The summed E-state index contributed by atoms with van der Waals surface area (Å²) in [6.45, 7) is 3.72. The normalized spacial score (nSPS) is 23.7. The molecule has 0 saturated carbocycles. The number of alkyl halides is 3. The molecule has 3 aliphatic rings. The molecule has 10 heteroatoms. The molecule has 0 radical (unpaired) electrons. The Morgan fingerprint density at radius 1 is 1.03 bits per heavy atom. The molecule has 3 aliphatic heterocycles. The minimum absolute atomic E-state index is 0.209. The van der Waals surface area contributed by atoms with Crippen LogP contribution in [0.15, 0.2) is 59.3 Å². The lowest BCUT2D eigenvalue weighted by molar-refractivity contribution is -0.946. The van der Waals surface area contributed by atoms with Crippen molar-refractivity contribution in [3.05, 3.63) is 74.6 Å². The summed E-state index contributed by atoms with van der Waals surface area (Å²) in [6, 6.07) is 12.1. The highest BCUT2D eigenvalue weighted by Gasteiger charge is 2.51. The van der Waals surface area contributed by atoms with E-state index < -0.39 is 23.3 Å². The van der Waals surface area contributed by atoms with Crippen molar-refractivity contribution in [2.24, 2.45) is 5.92 Å². The largest absolute Gasteiger partial charge is 0.493 e. The van der Waals surface area contributed by atoms with E-state index in [9.17, 15) is 23.1 Å². The van der Waals surface area contributed by atoms with Crippen molar-refractivity contribution in [1.29, 1.82) is 0 Å². The fourth-order valence-electron chi connectivity index (χ4n) is 5.54. The molecule has 0 aliphatic carbocycles. The number of carbonyl (C=O) groups is 1. The molecule has 3 aromatic rings. The van der Waals surface area contributed by atoms with Crippen LogP contribution < -0.4 is 4.74 Å². The molecule has 2 aromatic heterocycles. The van der Waals surface area contributed by atoms with Gasteiger partial charge in [-0.15, -0.1) is 22.7 Å². The first-order valence-electron chi connectivity index (χ1n) is 12.4. The zero-order chi connectivity index (χ0) is 26.1. The number of esters is 1. The molecule has 0 unspecified atom stereocenters. The third-order valence-electron chi connectivity index (χ3n) is 7.56. The van der Waals surface area contributed by atoms with E-state index in [1.54, 1.807) is 12.1 Å². The summed E-state index contributed by atoms with van der Waals surface area (Å²) < 4.78 is 51.3. The summed E-state index contributed by atoms with van der Waals surface area (Å²) in [4.78, 5) is 14.5. The van der Waals surface area contributed by atoms with Crippen LogP contribution >= 0.6 is 22.7 Å². The molecule has 5 heterocycles. The monoisotopic (exact) mass is 552 g/mol. The zero-order valence-electron chi connectivity index (χ0n) is 20.2. The Balaban J connectivity index is 1.21. The average Bonchev–Trinajstić information content (AvgIpc) is 3.62. The van der Waals surface area contributed by atoms with Crippen molar-refractivity contribution in [3.63, 3.8) is 0 Å². The number of piperidine rings is 3. The maximum absolute atomic E-state index is 13.5. The standard InChI is InChI=1S/C27H29F3NO4S2/c28-27(29,30)20-5-1-6-21(17-20)34-14-4-11-31-12-9-19(10-13-31)22(18-31)35-25(32)26(33,23-7-2-15-36-23)24-8-3-16-37-24/h1-3,5-8,15-17,19,22,33H,4,9-14,18H2/q+1/t19?,22-,31?/m0/s1. The topological polar surface area (TPSA) is 55.8 Å². The van der Waals surface area contributed by atoms with Gasteiger partial charge >= 0.3 is 12.1 Å². The van der Waals surface area contributed by atoms with Crippen LogP contribution in [0.3, 0.4) is 0 Å². The van der Waals surface area contributed by atoms with E-state index in [1.807, 2.05) is 22.9 Å². The molecule has 0 spiro atoms. The van der Waals surface area contributed by atoms with Crippen molar-refractivity contribution in [1.82, 2.24) is 0 Å². The average molecular weight is 553 g/mol. The van der Waals surface area contributed by atoms with Crippen LogP contribution in [0, 0.1) is 5.92 Å². The van der Waals surface area contributed by atoms with Gasteiger partial charge in [0.15, 0.2) is 6.10 Å². The summed E-state index contributed by atoms with van der Waals surface area (Å²) in [5.74, 6) is -0.163. The predicted octanol–water partition coefficient (Wildman–Crippen LogP) is 5.69. The SMILES string of the molecule is O=C(O[C@H]1C[N+]2(CCCOc3cccc(C(F)(F)F)c3)CCC1CC2)C(O)(c1cccs1)c1cccs1. The number of ether oxygens (including phenoxy) is 2. The second-order valence-electron chi connectivity index (χ2n) is 9.87. The lowest BCUT2D eigenvalue weighted by Crippen LogP contribution is -2.65. The van der Waals surface area contributed by atoms with Crippen molar-refractivity contribution in [2.75, 3.05) is 32.8 Å². The van der Waals surface area contributed by atoms with E-state index in [4.69, 9.17) is 9.47 Å². The summed E-state index contributed by atoms with van der Waals surface area (Å²) in [5, 5.41) is 15.2. The van der Waals surface area contributed by atoms with Gasteiger partial charge < -0.3 is 19.1 Å². The lowest BCUT2D eigenvalue weighted by atomic mass is 9.83. The molecule has 1 N–H and O–H groups in total. The van der Waals surface area contributed by atoms with Gasteiger partial charge in [-0.25, -0.2) is 4.79 Å². The second kappa shape index (κ2) is 10.4. The number of thiophene rings is 2. The van der Waals surface area contributed by atoms with E-state index in [0.717, 1.165) is 49.1 Å². The number of hydrogen-bond acceptors (Lipinski definition) is 6. The minimum atomic E-state index is -4.40. The Morgan fingerprint density at radius 3 is 2.30 bits per heavy atom. The molecule has 6 rings (SSSR count). The number of fused-ring (bicyclic) bond motifs is 3. The molecule has 1 atom stereocenters. The molecule has 3 fully saturated rings. The number of aliphatic hydroxyl groups is 1. The molecule has 0 amide bonds. The first kappa shape index (κ1) is 26.2. The fraction of sp³-hybridized carbons (Fsp3) is 0.444. The van der Waals surface area contributed by atoms with Gasteiger partial charge in [-0.1, -0.05) is 18.2 Å². The van der Waals surface area contributed by atoms with E-state index in [0.29, 0.717) is 29.3 Å². The van der Waals surface area contributed by atoms with Gasteiger partial charge in [0.1, 0.15) is 12.3 Å². The van der Waals surface area contributed by atoms with Gasteiger partial charge in [0.2, 0.25) is 5.60 Å². The van der Waals surface area contributed by atoms with Gasteiger partial charge in [-0.2, -0.15) is 13.2 Å². The maximum Gasteiger partial charge on any atom is 0.416 e. The Kier molecular flexibility index (Phi) is 7.37. The number of carbonyl (C=O) groups excluding carboxylic acids is 1. The van der Waals surface area contributed by atoms with Crippen molar-refractivity contribution < 1.29 is 37.0 Å². The van der Waals surface area contributed by atoms with E-state index in [2.05, 4.69) is 0 Å². The number of nitrogens with zero attached hydrogens (tertiary/aromatic N) is 1. The van der Waals surface area contributed by atoms with Crippen LogP contribution in [0.2, 0.25) is 0 Å². The summed E-state index contributed by atoms with van der Waals surface area (Å²) in [7, 11) is 0. The number of hydrogen-bond donors (Lipinski definition) is 1. The Morgan fingerprint density at radius 2 is 1.70 bits per heavy atom. The summed E-state index contributed by atoms with van der Waals surface area (Å²) >= 11 is 2.65. The number of rotatable bonds is 9. The predicted molar refractivity (Wildman–Crippen MR) is 136 cm³/mol. The van der Waals surface area contributed by atoms with Crippen molar-refractivity contribution >= 4 is 28.6 Å². The Labute approximate surface area is 221 Å². The third-order valence-corrected chi connectivity index (χ3v) is 9.52. The number of benzene rings is 1. The van der Waals surface area contributed by atoms with Crippen LogP contribution in [0.25, 0.3) is 0 Å². The molecule has 5 nitrogen and oxygen atoms in total. The van der Waals surface area contributed by atoms with Crippen LogP contribution in [0.1, 0.15) is 34.6 Å². The first-order valence-corrected chi connectivity index (χ1v) is 14.1. The Hall–Kier alpha value is -2.40. The summed E-state index contributed by atoms with van der Waals surface area (Å²) in [6.07, 6.45) is -2.14. The van der Waals surface area contributed by atoms with Gasteiger partial charge in [0.05, 0.1) is 41.6 Å². The molecular weight excluding hydrogens is 523 g/mol. The molecule has 3 saturated heterocycles. The molecule has 37 heavy (non-hydrogen) atoms. The Bertz CT molecular complexity index is 1150. The van der Waals surface area contributed by atoms with E-state index in [-0.39, 0.29) is 17.8 Å². The third kappa shape index (κ3) is 5.43. The molecule has 2 bridgehead atoms. The van der Waals surface area contributed by atoms with Gasteiger partial charge in [-0.3, -0.25) is 0 Å². The maximum atomic E-state index is 13.5. The summed E-state index contributed by atoms with van der Waals surface area (Å²) in [5.41, 5.74) is -2.54. The highest BCUT2D eigenvalue weighted by molar-refractivity contribution is 7.12. The quantitative estimate of drug-likeness (QED) is 0.211. The van der Waals surface area contributed by atoms with Crippen LogP contribution in [-0.4, -0.2) is 54.4 Å². The number of quaternary nitrogens is 1. The van der Waals surface area contributed by atoms with Crippen LogP contribution in [0.4, 0.5) is 13.2 Å². The zero-order valence-corrected chi connectivity index (χ0v) is 21.8. The minimum Gasteiger partial charge on any atom is -0.493 e. The fourth-order valence-corrected chi connectivity index (χ4v) is 7.25. The lowest BCUT2D eigenvalue weighted by Gasteiger charge is -2.52. The smallest absolute Gasteiger partial charge is 0.416 e. The number of halogens is 3. The highest BCUT2D eigenvalue weighted by Crippen LogP contribution is 2.40. The van der Waals surface area contributed by atoms with E-state index >= 15 is 0 Å². The second-order valence-corrected chi connectivity index (χ2v) is 11.8. The van der Waals surface area contributed by atoms with E-state index in [1.165, 1.54) is 34.8 Å². The van der Waals surface area contributed by atoms with Crippen molar-refractivity contribution in [3.8, 4) is 5.75 Å². The highest BCUT2D eigenvalue weighted by atomic mass is 32.1. The molecular formula is C27H29F3NO4S2+. The van der Waals surface area contributed by atoms with Gasteiger partial charge in [0.25, 0.3) is 0 Å². The van der Waals surface area contributed by atoms with Gasteiger partial charge in [0, 0.05) is 25.2 Å². The van der Waals surface area contributed by atoms with Crippen molar-refractivity contribution in [2.45, 2.75) is 37.1 Å². The molecule has 198 valence electrons. The first-order chi connectivity index (χ1) is 17.7. The van der Waals surface area contributed by atoms with Gasteiger partial charge in [-0.05, 0) is 41.1 Å². The van der Waals surface area contributed by atoms with Crippen LogP contribution in [-0.2, 0) is 21.3 Å². The van der Waals surface area contributed by atoms with Crippen LogP contribution in [0.5, 0.6) is 5.75 Å².